The summed E-state index contributed by atoms with van der Waals surface area (Å²) in [6.45, 7) is 0.146. The molecule has 6 heteroatoms. The lowest BCUT2D eigenvalue weighted by Gasteiger charge is -2.04. The molecule has 2 aromatic rings. The minimum atomic E-state index is -0.563. The fourth-order valence-corrected chi connectivity index (χ4v) is 2.36. The van der Waals surface area contributed by atoms with Crippen molar-refractivity contribution in [2.24, 2.45) is 0 Å². The maximum absolute atomic E-state index is 11.6. The summed E-state index contributed by atoms with van der Waals surface area (Å²) in [7, 11) is 1.59. The van der Waals surface area contributed by atoms with Crippen molar-refractivity contribution in [1.82, 2.24) is 5.32 Å². The largest absolute Gasteiger partial charge is 0.497 e. The van der Waals surface area contributed by atoms with Crippen LogP contribution >= 0.6 is 11.3 Å². The van der Waals surface area contributed by atoms with E-state index in [0.717, 1.165) is 16.2 Å². The Balaban J connectivity index is 1.71. The number of amides is 1. The fourth-order valence-electron chi connectivity index (χ4n) is 1.71. The van der Waals surface area contributed by atoms with Gasteiger partial charge in [0.2, 0.25) is 0 Å². The average molecular weight is 331 g/mol. The third kappa shape index (κ3) is 5.96. The quantitative estimate of drug-likeness (QED) is 0.626. The van der Waals surface area contributed by atoms with Gasteiger partial charge in [-0.15, -0.1) is 11.3 Å². The third-order valence-electron chi connectivity index (χ3n) is 2.91. The van der Waals surface area contributed by atoms with Crippen LogP contribution in [-0.2, 0) is 20.9 Å². The van der Waals surface area contributed by atoms with Gasteiger partial charge >= 0.3 is 5.97 Å². The van der Waals surface area contributed by atoms with Gasteiger partial charge in [-0.2, -0.15) is 0 Å². The van der Waals surface area contributed by atoms with Gasteiger partial charge in [-0.1, -0.05) is 18.2 Å². The molecule has 0 saturated carbocycles. The van der Waals surface area contributed by atoms with Gasteiger partial charge in [0.25, 0.3) is 5.91 Å². The summed E-state index contributed by atoms with van der Waals surface area (Å²) < 4.78 is 9.93. The van der Waals surface area contributed by atoms with E-state index < -0.39 is 5.97 Å². The van der Waals surface area contributed by atoms with Crippen LogP contribution in [0, 0.1) is 0 Å². The lowest BCUT2D eigenvalue weighted by Crippen LogP contribution is -2.27. The normalized spacial score (nSPS) is 10.5. The number of esters is 1. The standard InChI is InChI=1S/C17H17NO4S/c1-21-14-7-4-13(5-8-14)6-9-17(20)22-12-16(19)18-11-15-3-2-10-23-15/h2-10H,11-12H2,1H3,(H,18,19)/b9-6+. The third-order valence-corrected chi connectivity index (χ3v) is 3.79. The number of ether oxygens (including phenoxy) is 2. The second kappa shape index (κ2) is 8.75. The highest BCUT2D eigenvalue weighted by Gasteiger charge is 2.05. The first-order valence-corrected chi connectivity index (χ1v) is 7.83. The zero-order valence-corrected chi connectivity index (χ0v) is 13.5. The molecule has 1 aromatic carbocycles. The van der Waals surface area contributed by atoms with Crippen molar-refractivity contribution in [3.8, 4) is 5.75 Å². The first-order valence-electron chi connectivity index (χ1n) is 6.95. The van der Waals surface area contributed by atoms with E-state index in [1.165, 1.54) is 6.08 Å². The van der Waals surface area contributed by atoms with Crippen LogP contribution in [-0.4, -0.2) is 25.6 Å². The summed E-state index contributed by atoms with van der Waals surface area (Å²) >= 11 is 1.56. The summed E-state index contributed by atoms with van der Waals surface area (Å²) in [6, 6.07) is 11.1. The van der Waals surface area contributed by atoms with E-state index in [0.29, 0.717) is 6.54 Å². The number of carbonyl (C=O) groups is 2. The lowest BCUT2D eigenvalue weighted by molar-refractivity contribution is -0.143. The number of thiophene rings is 1. The van der Waals surface area contributed by atoms with Gasteiger partial charge in [0, 0.05) is 11.0 Å². The summed E-state index contributed by atoms with van der Waals surface area (Å²) in [4.78, 5) is 24.2. The monoisotopic (exact) mass is 331 g/mol. The average Bonchev–Trinajstić information content (AvgIpc) is 3.10. The number of benzene rings is 1. The zero-order chi connectivity index (χ0) is 16.5. The van der Waals surface area contributed by atoms with Crippen molar-refractivity contribution in [3.63, 3.8) is 0 Å². The van der Waals surface area contributed by atoms with E-state index in [2.05, 4.69) is 5.32 Å². The number of nitrogens with one attached hydrogen (secondary N) is 1. The van der Waals surface area contributed by atoms with Crippen LogP contribution in [0.3, 0.4) is 0 Å². The minimum absolute atomic E-state index is 0.294. The first-order chi connectivity index (χ1) is 11.2. The van der Waals surface area contributed by atoms with E-state index in [4.69, 9.17) is 9.47 Å². The van der Waals surface area contributed by atoms with Crippen molar-refractivity contribution < 1.29 is 19.1 Å². The van der Waals surface area contributed by atoms with E-state index >= 15 is 0 Å². The molecule has 0 spiro atoms. The Bertz CT molecular complexity index is 662. The maximum atomic E-state index is 11.6. The van der Waals surface area contributed by atoms with Crippen molar-refractivity contribution in [2.45, 2.75) is 6.54 Å². The second-order valence-corrected chi connectivity index (χ2v) is 5.60. The van der Waals surface area contributed by atoms with E-state index in [1.807, 2.05) is 29.6 Å². The number of rotatable bonds is 7. The molecular formula is C17H17NO4S. The molecule has 5 nitrogen and oxygen atoms in total. The summed E-state index contributed by atoms with van der Waals surface area (Å²) in [5, 5.41) is 4.62. The number of hydrogen-bond donors (Lipinski definition) is 1. The molecule has 0 aliphatic heterocycles. The number of hydrogen-bond acceptors (Lipinski definition) is 5. The molecule has 1 heterocycles. The van der Waals surface area contributed by atoms with Crippen molar-refractivity contribution in [2.75, 3.05) is 13.7 Å². The predicted molar refractivity (Wildman–Crippen MR) is 89.2 cm³/mol. The van der Waals surface area contributed by atoms with Gasteiger partial charge in [-0.3, -0.25) is 4.79 Å². The zero-order valence-electron chi connectivity index (χ0n) is 12.7. The molecule has 0 bridgehead atoms. The molecule has 1 amide bonds. The first kappa shape index (κ1) is 16.8. The van der Waals surface area contributed by atoms with Crippen molar-refractivity contribution in [3.05, 3.63) is 58.3 Å². The molecule has 2 rings (SSSR count). The predicted octanol–water partition coefficient (Wildman–Crippen LogP) is 2.63. The molecular weight excluding hydrogens is 314 g/mol. The van der Waals surface area contributed by atoms with Crippen molar-refractivity contribution in [1.29, 1.82) is 0 Å². The van der Waals surface area contributed by atoms with Crippen LogP contribution in [0.25, 0.3) is 6.08 Å². The molecule has 1 N–H and O–H groups in total. The van der Waals surface area contributed by atoms with Crippen LogP contribution in [0.15, 0.2) is 47.9 Å². The molecule has 0 radical (unpaired) electrons. The summed E-state index contributed by atoms with van der Waals surface area (Å²) in [5.74, 6) is -0.149. The van der Waals surface area contributed by atoms with Crippen LogP contribution in [0.2, 0.25) is 0 Å². The lowest BCUT2D eigenvalue weighted by atomic mass is 10.2. The summed E-state index contributed by atoms with van der Waals surface area (Å²) in [6.07, 6.45) is 2.90. The highest BCUT2D eigenvalue weighted by atomic mass is 32.1. The number of methoxy groups -OCH3 is 1. The molecule has 120 valence electrons. The fraction of sp³-hybridized carbons (Fsp3) is 0.176. The molecule has 0 atom stereocenters. The topological polar surface area (TPSA) is 64.6 Å². The maximum Gasteiger partial charge on any atom is 0.331 e. The van der Waals surface area contributed by atoms with Gasteiger partial charge in [0.05, 0.1) is 13.7 Å². The van der Waals surface area contributed by atoms with Crippen LogP contribution in [0.4, 0.5) is 0 Å². The van der Waals surface area contributed by atoms with Gasteiger partial charge in [0.15, 0.2) is 6.61 Å². The van der Waals surface area contributed by atoms with E-state index in [9.17, 15) is 9.59 Å². The molecule has 0 fully saturated rings. The smallest absolute Gasteiger partial charge is 0.331 e. The Hall–Kier alpha value is -2.60. The van der Waals surface area contributed by atoms with Gasteiger partial charge < -0.3 is 14.8 Å². The Kier molecular flexibility index (Phi) is 6.38. The van der Waals surface area contributed by atoms with Gasteiger partial charge in [-0.25, -0.2) is 4.79 Å². The Morgan fingerprint density at radius 1 is 1.22 bits per heavy atom. The molecule has 23 heavy (non-hydrogen) atoms. The second-order valence-electron chi connectivity index (χ2n) is 4.57. The highest BCUT2D eigenvalue weighted by Crippen LogP contribution is 2.12. The number of carbonyl (C=O) groups excluding carboxylic acids is 2. The Morgan fingerprint density at radius 3 is 2.65 bits per heavy atom. The molecule has 0 saturated heterocycles. The van der Waals surface area contributed by atoms with Gasteiger partial charge in [0.1, 0.15) is 5.75 Å². The molecule has 1 aromatic heterocycles. The van der Waals surface area contributed by atoms with Crippen molar-refractivity contribution >= 4 is 29.3 Å². The Morgan fingerprint density at radius 2 is 2.00 bits per heavy atom. The SMILES string of the molecule is COc1ccc(/C=C/C(=O)OCC(=O)NCc2cccs2)cc1. The molecule has 0 aliphatic rings. The van der Waals surface area contributed by atoms with Crippen LogP contribution < -0.4 is 10.1 Å². The molecule has 0 aliphatic carbocycles. The highest BCUT2D eigenvalue weighted by molar-refractivity contribution is 7.09. The van der Waals surface area contributed by atoms with E-state index in [1.54, 1.807) is 36.7 Å². The van der Waals surface area contributed by atoms with Crippen LogP contribution in [0.1, 0.15) is 10.4 Å². The van der Waals surface area contributed by atoms with E-state index in [-0.39, 0.29) is 12.5 Å². The van der Waals surface area contributed by atoms with Crippen LogP contribution in [0.5, 0.6) is 5.75 Å². The minimum Gasteiger partial charge on any atom is -0.497 e. The molecule has 0 unspecified atom stereocenters. The Labute approximate surface area is 138 Å². The summed E-state index contributed by atoms with van der Waals surface area (Å²) in [5.41, 5.74) is 0.838. The van der Waals surface area contributed by atoms with Gasteiger partial charge in [-0.05, 0) is 35.2 Å².